The van der Waals surface area contributed by atoms with Crippen LogP contribution in [0.2, 0.25) is 0 Å². The van der Waals surface area contributed by atoms with Gasteiger partial charge in [0.25, 0.3) is 0 Å². The van der Waals surface area contributed by atoms with Gasteiger partial charge in [-0.1, -0.05) is 0 Å². The molecule has 1 aromatic rings. The molecule has 0 spiro atoms. The van der Waals surface area contributed by atoms with Crippen molar-refractivity contribution in [3.63, 3.8) is 0 Å². The number of benzene rings is 1. The van der Waals surface area contributed by atoms with Crippen LogP contribution in [0, 0.1) is 0 Å². The minimum absolute atomic E-state index is 0.122. The molecule has 1 aliphatic rings. The van der Waals surface area contributed by atoms with Crippen LogP contribution in [-0.2, 0) is 9.53 Å². The number of nitrogens with one attached hydrogen (secondary N) is 1. The lowest BCUT2D eigenvalue weighted by molar-refractivity contribution is -0.135. The van der Waals surface area contributed by atoms with E-state index in [0.29, 0.717) is 17.6 Å². The molecule has 5 heteroatoms. The van der Waals surface area contributed by atoms with Crippen LogP contribution in [0.15, 0.2) is 24.3 Å². The zero-order valence-corrected chi connectivity index (χ0v) is 13.5. The van der Waals surface area contributed by atoms with Crippen LogP contribution >= 0.6 is 0 Å². The van der Waals surface area contributed by atoms with Crippen molar-refractivity contribution in [1.29, 1.82) is 0 Å². The Balaban J connectivity index is 1.92. The van der Waals surface area contributed by atoms with E-state index >= 15 is 0 Å². The Bertz CT molecular complexity index is 517. The summed E-state index contributed by atoms with van der Waals surface area (Å²) in [5.74, 6) is -0.240. The topological polar surface area (TPSA) is 58.6 Å². The third-order valence-electron chi connectivity index (χ3n) is 4.23. The van der Waals surface area contributed by atoms with Gasteiger partial charge in [0.2, 0.25) is 5.91 Å². The number of hydrogen-bond acceptors (Lipinski definition) is 4. The second-order valence-electron chi connectivity index (χ2n) is 5.85. The third-order valence-corrected chi connectivity index (χ3v) is 4.23. The molecule has 0 saturated carbocycles. The van der Waals surface area contributed by atoms with E-state index in [4.69, 9.17) is 0 Å². The summed E-state index contributed by atoms with van der Waals surface area (Å²) in [4.78, 5) is 25.8. The molecule has 1 N–H and O–H groups in total. The van der Waals surface area contributed by atoms with Crippen LogP contribution in [0.4, 0.5) is 5.69 Å². The minimum atomic E-state index is -0.362. The number of rotatable bonds is 4. The fraction of sp³-hybridized carbons (Fsp3) is 0.529. The van der Waals surface area contributed by atoms with Gasteiger partial charge in [0.15, 0.2) is 0 Å². The number of hydrogen-bond donors (Lipinski definition) is 1. The summed E-state index contributed by atoms with van der Waals surface area (Å²) in [5, 5.41) is 3.12. The molecule has 0 aliphatic carbocycles. The highest BCUT2D eigenvalue weighted by molar-refractivity contribution is 5.89. The summed E-state index contributed by atoms with van der Waals surface area (Å²) < 4.78 is 4.66. The maximum atomic E-state index is 12.4. The van der Waals surface area contributed by atoms with Crippen molar-refractivity contribution >= 4 is 17.6 Å². The highest BCUT2D eigenvalue weighted by Gasteiger charge is 2.28. The zero-order chi connectivity index (χ0) is 16.1. The van der Waals surface area contributed by atoms with Crippen LogP contribution in [0.1, 0.15) is 43.5 Å². The molecule has 1 saturated heterocycles. The van der Waals surface area contributed by atoms with E-state index in [9.17, 15) is 9.59 Å². The van der Waals surface area contributed by atoms with Gasteiger partial charge in [0.1, 0.15) is 0 Å². The summed E-state index contributed by atoms with van der Waals surface area (Å²) in [5.41, 5.74) is 1.32. The summed E-state index contributed by atoms with van der Waals surface area (Å²) in [6, 6.07) is 7.54. The highest BCUT2D eigenvalue weighted by atomic mass is 16.5. The number of amides is 1. The molecule has 0 bridgehead atoms. The lowest BCUT2D eigenvalue weighted by atomic mass is 9.97. The number of esters is 1. The predicted molar refractivity (Wildman–Crippen MR) is 85.9 cm³/mol. The molecule has 1 fully saturated rings. The van der Waals surface area contributed by atoms with E-state index in [1.54, 1.807) is 24.3 Å². The summed E-state index contributed by atoms with van der Waals surface area (Å²) >= 11 is 0. The van der Waals surface area contributed by atoms with Gasteiger partial charge in [0.05, 0.1) is 19.2 Å². The molecular weight excluding hydrogens is 280 g/mol. The summed E-state index contributed by atoms with van der Waals surface area (Å²) in [7, 11) is 1.36. The lowest BCUT2D eigenvalue weighted by Gasteiger charge is -2.39. The van der Waals surface area contributed by atoms with Crippen LogP contribution in [0.25, 0.3) is 0 Å². The fourth-order valence-electron chi connectivity index (χ4n) is 3.02. The molecule has 0 aromatic heterocycles. The number of piperidine rings is 1. The molecule has 0 radical (unpaired) electrons. The largest absolute Gasteiger partial charge is 0.465 e. The Kier molecular flexibility index (Phi) is 5.41. The van der Waals surface area contributed by atoms with Gasteiger partial charge in [-0.25, -0.2) is 4.79 Å². The van der Waals surface area contributed by atoms with E-state index in [2.05, 4.69) is 23.9 Å². The number of carbonyl (C=O) groups excluding carboxylic acids is 2. The Morgan fingerprint density at radius 3 is 2.32 bits per heavy atom. The van der Waals surface area contributed by atoms with E-state index in [1.807, 2.05) is 4.90 Å². The Morgan fingerprint density at radius 2 is 1.77 bits per heavy atom. The van der Waals surface area contributed by atoms with Crippen LogP contribution in [0.5, 0.6) is 0 Å². The van der Waals surface area contributed by atoms with Gasteiger partial charge < -0.3 is 15.0 Å². The minimum Gasteiger partial charge on any atom is -0.465 e. The van der Waals surface area contributed by atoms with Crippen molar-refractivity contribution in [2.24, 2.45) is 0 Å². The number of carbonyl (C=O) groups is 2. The molecule has 22 heavy (non-hydrogen) atoms. The summed E-state index contributed by atoms with van der Waals surface area (Å²) in [6.07, 6.45) is 3.34. The number of anilines is 1. The SMILES string of the molecule is COC(=O)c1ccc(NCC(=O)N2[C@@H](C)CCC[C@@H]2C)cc1. The van der Waals surface area contributed by atoms with Crippen LogP contribution in [-0.4, -0.2) is 42.5 Å². The monoisotopic (exact) mass is 304 g/mol. The molecule has 1 aliphatic heterocycles. The van der Waals surface area contributed by atoms with Gasteiger partial charge in [-0.15, -0.1) is 0 Å². The first-order chi connectivity index (χ1) is 10.5. The van der Waals surface area contributed by atoms with E-state index in [0.717, 1.165) is 18.5 Å². The average molecular weight is 304 g/mol. The van der Waals surface area contributed by atoms with E-state index in [1.165, 1.54) is 13.5 Å². The maximum Gasteiger partial charge on any atom is 0.337 e. The maximum absolute atomic E-state index is 12.4. The van der Waals surface area contributed by atoms with E-state index in [-0.39, 0.29) is 18.4 Å². The fourth-order valence-corrected chi connectivity index (χ4v) is 3.02. The Hall–Kier alpha value is -2.04. The van der Waals surface area contributed by atoms with Gasteiger partial charge >= 0.3 is 5.97 Å². The molecule has 1 amide bonds. The first-order valence-electron chi connectivity index (χ1n) is 7.76. The second kappa shape index (κ2) is 7.29. The Morgan fingerprint density at radius 1 is 1.18 bits per heavy atom. The average Bonchev–Trinajstić information content (AvgIpc) is 2.52. The van der Waals surface area contributed by atoms with Gasteiger partial charge in [-0.05, 0) is 57.4 Å². The Labute approximate surface area is 131 Å². The molecule has 1 aromatic carbocycles. The smallest absolute Gasteiger partial charge is 0.337 e. The molecule has 2 atom stereocenters. The van der Waals surface area contributed by atoms with Gasteiger partial charge in [-0.3, -0.25) is 4.79 Å². The van der Waals surface area contributed by atoms with Crippen molar-refractivity contribution in [3.05, 3.63) is 29.8 Å². The van der Waals surface area contributed by atoms with Crippen molar-refractivity contribution in [1.82, 2.24) is 4.90 Å². The van der Waals surface area contributed by atoms with Gasteiger partial charge in [-0.2, -0.15) is 0 Å². The highest BCUT2D eigenvalue weighted by Crippen LogP contribution is 2.22. The lowest BCUT2D eigenvalue weighted by Crippen LogP contribution is -2.49. The predicted octanol–water partition coefficient (Wildman–Crippen LogP) is 2.67. The molecule has 5 nitrogen and oxygen atoms in total. The number of likely N-dealkylation sites (tertiary alicyclic amines) is 1. The molecule has 0 unspecified atom stereocenters. The molecule has 2 rings (SSSR count). The standard InChI is InChI=1S/C17H24N2O3/c1-12-5-4-6-13(2)19(12)16(20)11-18-15-9-7-14(8-10-15)17(21)22-3/h7-10,12-13,18H,4-6,11H2,1-3H3/t12-,13-/m0/s1. The quantitative estimate of drug-likeness (QED) is 0.869. The normalized spacial score (nSPS) is 21.3. The number of methoxy groups -OCH3 is 1. The zero-order valence-electron chi connectivity index (χ0n) is 13.5. The van der Waals surface area contributed by atoms with E-state index < -0.39 is 0 Å². The van der Waals surface area contributed by atoms with Crippen LogP contribution < -0.4 is 5.32 Å². The van der Waals surface area contributed by atoms with Crippen LogP contribution in [0.3, 0.4) is 0 Å². The van der Waals surface area contributed by atoms with Crippen molar-refractivity contribution in [2.75, 3.05) is 19.0 Å². The van der Waals surface area contributed by atoms with Crippen molar-refractivity contribution in [3.8, 4) is 0 Å². The number of ether oxygens (including phenoxy) is 1. The summed E-state index contributed by atoms with van der Waals surface area (Å²) in [6.45, 7) is 4.49. The van der Waals surface area contributed by atoms with Crippen molar-refractivity contribution in [2.45, 2.75) is 45.2 Å². The first kappa shape index (κ1) is 16.3. The van der Waals surface area contributed by atoms with Crippen molar-refractivity contribution < 1.29 is 14.3 Å². The third kappa shape index (κ3) is 3.78. The molecule has 1 heterocycles. The van der Waals surface area contributed by atoms with Gasteiger partial charge in [0, 0.05) is 17.8 Å². The molecule has 120 valence electrons. The first-order valence-corrected chi connectivity index (χ1v) is 7.76. The second-order valence-corrected chi connectivity index (χ2v) is 5.85. The number of nitrogens with zero attached hydrogens (tertiary/aromatic N) is 1. The molecular formula is C17H24N2O3.